The van der Waals surface area contributed by atoms with E-state index in [1.807, 2.05) is 13.0 Å². The second-order valence-corrected chi connectivity index (χ2v) is 8.53. The van der Waals surface area contributed by atoms with Crippen LogP contribution in [-0.2, 0) is 21.2 Å². The highest BCUT2D eigenvalue weighted by Gasteiger charge is 2.34. The van der Waals surface area contributed by atoms with Crippen LogP contribution in [0.4, 0.5) is 0 Å². The molecule has 1 amide bonds. The van der Waals surface area contributed by atoms with E-state index in [1.165, 1.54) is 4.90 Å². The summed E-state index contributed by atoms with van der Waals surface area (Å²) in [7, 11) is -3.12. The SMILES string of the molecule is CCCN(C(=O)Cn1nc(C)c(C)c(C#N)c1=O)C1CCS(=O)(=O)C1. The van der Waals surface area contributed by atoms with Gasteiger partial charge in [0.1, 0.15) is 18.2 Å². The van der Waals surface area contributed by atoms with Crippen LogP contribution < -0.4 is 5.56 Å². The Kier molecular flexibility index (Phi) is 5.62. The molecule has 1 atom stereocenters. The molecule has 2 heterocycles. The molecule has 1 fully saturated rings. The van der Waals surface area contributed by atoms with E-state index in [1.54, 1.807) is 13.8 Å². The molecule has 136 valence electrons. The van der Waals surface area contributed by atoms with Crippen molar-refractivity contribution in [2.75, 3.05) is 18.1 Å². The Balaban J connectivity index is 2.29. The van der Waals surface area contributed by atoms with Crippen LogP contribution >= 0.6 is 0 Å². The van der Waals surface area contributed by atoms with Crippen molar-refractivity contribution in [2.45, 2.75) is 46.2 Å². The Bertz CT molecular complexity index is 883. The van der Waals surface area contributed by atoms with E-state index in [4.69, 9.17) is 5.26 Å². The van der Waals surface area contributed by atoms with Crippen molar-refractivity contribution < 1.29 is 13.2 Å². The molecule has 1 aromatic rings. The molecule has 0 saturated carbocycles. The number of hydrogen-bond acceptors (Lipinski definition) is 6. The first kappa shape index (κ1) is 19.1. The molecule has 8 nitrogen and oxygen atoms in total. The van der Waals surface area contributed by atoms with Gasteiger partial charge in [0.2, 0.25) is 5.91 Å². The van der Waals surface area contributed by atoms with Gasteiger partial charge in [-0.15, -0.1) is 0 Å². The molecular formula is C16H22N4O4S. The van der Waals surface area contributed by atoms with Crippen LogP contribution in [0.15, 0.2) is 4.79 Å². The standard InChI is InChI=1S/C16H22N4O4S/c1-4-6-19(13-5-7-25(23,24)10-13)15(21)9-20-16(22)14(8-17)11(2)12(3)18-20/h13H,4-7,9-10H2,1-3H3. The second kappa shape index (κ2) is 7.35. The Morgan fingerprint density at radius 3 is 2.64 bits per heavy atom. The van der Waals surface area contributed by atoms with Gasteiger partial charge in [0, 0.05) is 12.6 Å². The van der Waals surface area contributed by atoms with Crippen molar-refractivity contribution >= 4 is 15.7 Å². The van der Waals surface area contributed by atoms with Crippen LogP contribution in [-0.4, -0.2) is 53.1 Å². The Labute approximate surface area is 147 Å². The van der Waals surface area contributed by atoms with Gasteiger partial charge in [0.05, 0.1) is 17.2 Å². The van der Waals surface area contributed by atoms with E-state index in [2.05, 4.69) is 5.10 Å². The summed E-state index contributed by atoms with van der Waals surface area (Å²) in [4.78, 5) is 26.5. The molecule has 25 heavy (non-hydrogen) atoms. The fourth-order valence-corrected chi connectivity index (χ4v) is 4.73. The van der Waals surface area contributed by atoms with Crippen LogP contribution in [0.2, 0.25) is 0 Å². The van der Waals surface area contributed by atoms with E-state index in [0.29, 0.717) is 30.6 Å². The van der Waals surface area contributed by atoms with Gasteiger partial charge in [-0.05, 0) is 32.3 Å². The zero-order chi connectivity index (χ0) is 18.8. The third kappa shape index (κ3) is 4.07. The van der Waals surface area contributed by atoms with Crippen molar-refractivity contribution in [3.05, 3.63) is 27.2 Å². The van der Waals surface area contributed by atoms with Crippen molar-refractivity contribution in [2.24, 2.45) is 0 Å². The molecule has 1 unspecified atom stereocenters. The van der Waals surface area contributed by atoms with Crippen LogP contribution in [0.5, 0.6) is 0 Å². The first-order chi connectivity index (χ1) is 11.7. The molecule has 9 heteroatoms. The molecule has 0 N–H and O–H groups in total. The van der Waals surface area contributed by atoms with Crippen molar-refractivity contribution in [3.63, 3.8) is 0 Å². The van der Waals surface area contributed by atoms with E-state index < -0.39 is 15.4 Å². The maximum absolute atomic E-state index is 12.7. The summed E-state index contributed by atoms with van der Waals surface area (Å²) in [6.07, 6.45) is 1.09. The lowest BCUT2D eigenvalue weighted by atomic mass is 10.1. The van der Waals surface area contributed by atoms with Crippen LogP contribution in [0.1, 0.15) is 36.6 Å². The topological polar surface area (TPSA) is 113 Å². The maximum atomic E-state index is 12.7. The quantitative estimate of drug-likeness (QED) is 0.733. The van der Waals surface area contributed by atoms with Gasteiger partial charge in [0.25, 0.3) is 5.56 Å². The molecule has 1 saturated heterocycles. The molecule has 0 aliphatic carbocycles. The number of sulfone groups is 1. The van der Waals surface area contributed by atoms with Gasteiger partial charge in [-0.1, -0.05) is 6.92 Å². The molecule has 0 aromatic carbocycles. The Morgan fingerprint density at radius 1 is 1.44 bits per heavy atom. The number of aromatic nitrogens is 2. The summed E-state index contributed by atoms with van der Waals surface area (Å²) in [6.45, 7) is 5.33. The summed E-state index contributed by atoms with van der Waals surface area (Å²) in [5.41, 5.74) is 0.387. The summed E-state index contributed by atoms with van der Waals surface area (Å²) >= 11 is 0. The maximum Gasteiger partial charge on any atom is 0.285 e. The normalized spacial score (nSPS) is 18.7. The highest BCUT2D eigenvalue weighted by atomic mass is 32.2. The highest BCUT2D eigenvalue weighted by molar-refractivity contribution is 7.91. The molecule has 2 rings (SSSR count). The molecule has 1 aliphatic heterocycles. The summed E-state index contributed by atoms with van der Waals surface area (Å²) in [5, 5.41) is 13.3. The molecule has 0 spiro atoms. The Morgan fingerprint density at radius 2 is 2.12 bits per heavy atom. The lowest BCUT2D eigenvalue weighted by molar-refractivity contribution is -0.134. The zero-order valence-electron chi connectivity index (χ0n) is 14.7. The first-order valence-corrected chi connectivity index (χ1v) is 10.0. The van der Waals surface area contributed by atoms with E-state index >= 15 is 0 Å². The molecule has 1 aromatic heterocycles. The fourth-order valence-electron chi connectivity index (χ4n) is 3.00. The van der Waals surface area contributed by atoms with E-state index in [-0.39, 0.29) is 35.6 Å². The third-order valence-electron chi connectivity index (χ3n) is 4.47. The van der Waals surface area contributed by atoms with Gasteiger partial charge in [0.15, 0.2) is 9.84 Å². The first-order valence-electron chi connectivity index (χ1n) is 8.18. The number of hydrogen-bond donors (Lipinski definition) is 0. The van der Waals surface area contributed by atoms with E-state index in [9.17, 15) is 18.0 Å². The second-order valence-electron chi connectivity index (χ2n) is 6.30. The number of aryl methyl sites for hydroxylation is 1. The summed E-state index contributed by atoms with van der Waals surface area (Å²) in [5.74, 6) is -0.325. The van der Waals surface area contributed by atoms with Crippen LogP contribution in [0.25, 0.3) is 0 Å². The van der Waals surface area contributed by atoms with Crippen LogP contribution in [0, 0.1) is 25.2 Å². The molecular weight excluding hydrogens is 344 g/mol. The Hall–Kier alpha value is -2.21. The van der Waals surface area contributed by atoms with Crippen molar-refractivity contribution in [3.8, 4) is 6.07 Å². The van der Waals surface area contributed by atoms with Gasteiger partial charge in [-0.3, -0.25) is 9.59 Å². The van der Waals surface area contributed by atoms with Crippen molar-refractivity contribution in [1.29, 1.82) is 5.26 Å². The summed E-state index contributed by atoms with van der Waals surface area (Å²) in [6, 6.07) is 1.50. The van der Waals surface area contributed by atoms with Gasteiger partial charge in [-0.2, -0.15) is 10.4 Å². The molecule has 0 radical (unpaired) electrons. The minimum Gasteiger partial charge on any atom is -0.337 e. The minimum atomic E-state index is -3.12. The monoisotopic (exact) mass is 366 g/mol. The predicted octanol–water partition coefficient (Wildman–Crippen LogP) is 0.158. The number of amides is 1. The lowest BCUT2D eigenvalue weighted by Crippen LogP contribution is -2.45. The van der Waals surface area contributed by atoms with E-state index in [0.717, 1.165) is 4.68 Å². The minimum absolute atomic E-state index is 0.0224. The smallest absolute Gasteiger partial charge is 0.285 e. The van der Waals surface area contributed by atoms with Crippen molar-refractivity contribution in [1.82, 2.24) is 14.7 Å². The average molecular weight is 366 g/mol. The largest absolute Gasteiger partial charge is 0.337 e. The number of nitrogens with zero attached hydrogens (tertiary/aromatic N) is 4. The number of rotatable bonds is 5. The number of carbonyl (C=O) groups is 1. The number of carbonyl (C=O) groups excluding carboxylic acids is 1. The predicted molar refractivity (Wildman–Crippen MR) is 91.7 cm³/mol. The van der Waals surface area contributed by atoms with Gasteiger partial charge < -0.3 is 4.90 Å². The highest BCUT2D eigenvalue weighted by Crippen LogP contribution is 2.18. The average Bonchev–Trinajstić information content (AvgIpc) is 2.90. The molecule has 1 aliphatic rings. The lowest BCUT2D eigenvalue weighted by Gasteiger charge is -2.28. The van der Waals surface area contributed by atoms with Crippen LogP contribution in [0.3, 0.4) is 0 Å². The fraction of sp³-hybridized carbons (Fsp3) is 0.625. The zero-order valence-corrected chi connectivity index (χ0v) is 15.5. The third-order valence-corrected chi connectivity index (χ3v) is 6.22. The summed E-state index contributed by atoms with van der Waals surface area (Å²) < 4.78 is 24.4. The van der Waals surface area contributed by atoms with Gasteiger partial charge >= 0.3 is 0 Å². The van der Waals surface area contributed by atoms with Gasteiger partial charge in [-0.25, -0.2) is 13.1 Å². The molecule has 0 bridgehead atoms. The number of nitriles is 1.